The van der Waals surface area contributed by atoms with Crippen molar-refractivity contribution in [2.45, 2.75) is 6.23 Å². The van der Waals surface area contributed by atoms with E-state index in [9.17, 15) is 0 Å². The van der Waals surface area contributed by atoms with Crippen molar-refractivity contribution in [1.82, 2.24) is 5.32 Å². The maximum Gasteiger partial charge on any atom is 0.156 e. The molecule has 4 N–H and O–H groups in total. The van der Waals surface area contributed by atoms with Gasteiger partial charge in [0, 0.05) is 15.5 Å². The minimum atomic E-state index is -0.571. The summed E-state index contributed by atoms with van der Waals surface area (Å²) < 4.78 is 0.813. The van der Waals surface area contributed by atoms with Crippen LogP contribution < -0.4 is 11.1 Å². The van der Waals surface area contributed by atoms with Gasteiger partial charge < -0.3 is 16.2 Å². The van der Waals surface area contributed by atoms with E-state index < -0.39 is 6.23 Å². The summed E-state index contributed by atoms with van der Waals surface area (Å²) in [6.45, 7) is 0. The largest absolute Gasteiger partial charge is 0.398 e. The summed E-state index contributed by atoms with van der Waals surface area (Å²) in [5.74, 6) is 0. The van der Waals surface area contributed by atoms with Crippen LogP contribution in [-0.2, 0) is 0 Å². The van der Waals surface area contributed by atoms with Crippen LogP contribution in [0.4, 0.5) is 0 Å². The zero-order chi connectivity index (χ0) is 6.85. The predicted molar refractivity (Wildman–Crippen MR) is 43.5 cm³/mol. The molecule has 1 unspecified atom stereocenters. The number of allylic oxidation sites excluding steroid dienone is 1. The molecule has 3 nitrogen and oxygen atoms in total. The van der Waals surface area contributed by atoms with Crippen LogP contribution in [0.15, 0.2) is 21.6 Å². The Balaban J connectivity index is 2.74. The van der Waals surface area contributed by atoms with Gasteiger partial charge in [-0.25, -0.2) is 0 Å². The van der Waals surface area contributed by atoms with Crippen molar-refractivity contribution in [2.24, 2.45) is 5.73 Å². The summed E-state index contributed by atoms with van der Waals surface area (Å²) in [5.41, 5.74) is 6.04. The van der Waals surface area contributed by atoms with Gasteiger partial charge in [0.15, 0.2) is 6.23 Å². The van der Waals surface area contributed by atoms with Gasteiger partial charge in [0.1, 0.15) is 0 Å². The van der Waals surface area contributed by atoms with Crippen LogP contribution >= 0.6 is 22.6 Å². The molecule has 4 heteroatoms. The third-order valence-electron chi connectivity index (χ3n) is 0.974. The molecule has 9 heavy (non-hydrogen) atoms. The Labute approximate surface area is 66.8 Å². The number of nitrogens with one attached hydrogen (secondary N) is 1. The summed E-state index contributed by atoms with van der Waals surface area (Å²) in [6, 6.07) is 0. The highest BCUT2D eigenvalue weighted by Gasteiger charge is 2.08. The van der Waals surface area contributed by atoms with Crippen molar-refractivity contribution in [3.8, 4) is 0 Å². The summed E-state index contributed by atoms with van der Waals surface area (Å²) in [4.78, 5) is 0. The summed E-state index contributed by atoms with van der Waals surface area (Å²) in [7, 11) is 0. The van der Waals surface area contributed by atoms with E-state index in [0.29, 0.717) is 5.70 Å². The molecule has 0 fully saturated rings. The molecular weight excluding hydrogens is 231 g/mol. The van der Waals surface area contributed by atoms with Crippen LogP contribution in [0, 0.1) is 0 Å². The van der Waals surface area contributed by atoms with Crippen LogP contribution in [0.2, 0.25) is 0 Å². The van der Waals surface area contributed by atoms with E-state index in [1.165, 1.54) is 0 Å². The van der Waals surface area contributed by atoms with Gasteiger partial charge in [-0.3, -0.25) is 0 Å². The van der Waals surface area contributed by atoms with E-state index in [1.807, 2.05) is 22.6 Å². The fraction of sp³-hybridized carbons (Fsp3) is 0.200. The maximum atomic E-state index is 9.01. The number of hydrogen-bond acceptors (Lipinski definition) is 3. The Hall–Kier alpha value is -0.230. The number of halogens is 1. The van der Waals surface area contributed by atoms with Crippen LogP contribution in [0.3, 0.4) is 0 Å². The van der Waals surface area contributed by atoms with E-state index in [4.69, 9.17) is 10.8 Å². The molecule has 0 radical (unpaired) electrons. The Morgan fingerprint density at radius 3 is 2.89 bits per heavy atom. The van der Waals surface area contributed by atoms with E-state index in [-0.39, 0.29) is 0 Å². The van der Waals surface area contributed by atoms with Crippen molar-refractivity contribution in [2.75, 3.05) is 0 Å². The monoisotopic (exact) mass is 238 g/mol. The number of hydrogen-bond donors (Lipinski definition) is 3. The first kappa shape index (κ1) is 6.88. The minimum absolute atomic E-state index is 0.571. The van der Waals surface area contributed by atoms with Crippen LogP contribution in [-0.4, -0.2) is 11.3 Å². The average molecular weight is 238 g/mol. The van der Waals surface area contributed by atoms with E-state index >= 15 is 0 Å². The average Bonchev–Trinajstić information content (AvgIpc) is 1.80. The lowest BCUT2D eigenvalue weighted by Crippen LogP contribution is -2.28. The molecule has 0 saturated heterocycles. The molecule has 1 atom stereocenters. The fourth-order valence-electron chi connectivity index (χ4n) is 0.535. The number of aliphatic hydroxyl groups is 1. The minimum Gasteiger partial charge on any atom is -0.398 e. The van der Waals surface area contributed by atoms with E-state index in [0.717, 1.165) is 3.58 Å². The topological polar surface area (TPSA) is 58.3 Å². The van der Waals surface area contributed by atoms with Crippen LogP contribution in [0.25, 0.3) is 0 Å². The smallest absolute Gasteiger partial charge is 0.156 e. The number of aliphatic hydroxyl groups excluding tert-OH is 1. The highest BCUT2D eigenvalue weighted by Crippen LogP contribution is 2.14. The van der Waals surface area contributed by atoms with Gasteiger partial charge in [0.25, 0.3) is 0 Å². The van der Waals surface area contributed by atoms with Gasteiger partial charge in [0.2, 0.25) is 0 Å². The van der Waals surface area contributed by atoms with Crippen molar-refractivity contribution in [3.63, 3.8) is 0 Å². The number of nitrogens with two attached hydrogens (primary N) is 1. The van der Waals surface area contributed by atoms with Crippen molar-refractivity contribution < 1.29 is 5.11 Å². The van der Waals surface area contributed by atoms with Gasteiger partial charge in [-0.2, -0.15) is 0 Å². The van der Waals surface area contributed by atoms with Crippen LogP contribution in [0.5, 0.6) is 0 Å². The lowest BCUT2D eigenvalue weighted by atomic mass is 10.3. The Morgan fingerprint density at radius 2 is 2.44 bits per heavy atom. The molecule has 1 aliphatic heterocycles. The fourth-order valence-corrected chi connectivity index (χ4v) is 1.07. The molecular formula is C5H7IN2O. The first-order valence-electron chi connectivity index (χ1n) is 2.47. The molecule has 50 valence electrons. The molecule has 0 amide bonds. The second-order valence-electron chi connectivity index (χ2n) is 1.74. The lowest BCUT2D eigenvalue weighted by molar-refractivity contribution is 0.198. The molecule has 0 spiro atoms. The van der Waals surface area contributed by atoms with E-state index in [2.05, 4.69) is 5.32 Å². The second-order valence-corrected chi connectivity index (χ2v) is 2.99. The Morgan fingerprint density at radius 1 is 1.78 bits per heavy atom. The third-order valence-corrected chi connectivity index (χ3v) is 1.87. The van der Waals surface area contributed by atoms with Crippen molar-refractivity contribution in [3.05, 3.63) is 21.6 Å². The molecule has 0 aromatic carbocycles. The second kappa shape index (κ2) is 2.57. The molecule has 0 aromatic rings. The molecule has 0 aliphatic carbocycles. The number of dihydropyridines is 1. The van der Waals surface area contributed by atoms with Gasteiger partial charge >= 0.3 is 0 Å². The van der Waals surface area contributed by atoms with Crippen molar-refractivity contribution in [1.29, 1.82) is 0 Å². The van der Waals surface area contributed by atoms with Gasteiger partial charge in [-0.1, -0.05) is 0 Å². The summed E-state index contributed by atoms with van der Waals surface area (Å²) in [5, 5.41) is 11.7. The quantitative estimate of drug-likeness (QED) is 0.522. The molecule has 0 aromatic heterocycles. The SMILES string of the molecule is NC1=CNC(O)C(I)=C1. The lowest BCUT2D eigenvalue weighted by Gasteiger charge is -2.14. The molecule has 1 rings (SSSR count). The van der Waals surface area contributed by atoms with Crippen LogP contribution in [0.1, 0.15) is 0 Å². The molecule has 0 saturated carbocycles. The Kier molecular flexibility index (Phi) is 1.97. The molecule has 0 bridgehead atoms. The van der Waals surface area contributed by atoms with Crippen molar-refractivity contribution >= 4 is 22.6 Å². The first-order chi connectivity index (χ1) is 4.20. The summed E-state index contributed by atoms with van der Waals surface area (Å²) in [6.07, 6.45) is 2.73. The zero-order valence-corrected chi connectivity index (χ0v) is 6.79. The van der Waals surface area contributed by atoms with Gasteiger partial charge in [-0.15, -0.1) is 0 Å². The van der Waals surface area contributed by atoms with Gasteiger partial charge in [0.05, 0.1) is 0 Å². The normalized spacial score (nSPS) is 26.2. The third kappa shape index (κ3) is 1.59. The van der Waals surface area contributed by atoms with Gasteiger partial charge in [-0.05, 0) is 28.7 Å². The molecule has 1 aliphatic rings. The first-order valence-corrected chi connectivity index (χ1v) is 3.55. The summed E-state index contributed by atoms with van der Waals surface area (Å²) >= 11 is 2.03. The Bertz CT molecular complexity index is 176. The molecule has 1 heterocycles. The predicted octanol–water partition coefficient (Wildman–Crippen LogP) is 0.0270. The standard InChI is InChI=1S/C5H7IN2O/c6-4-1-3(7)2-8-5(4)9/h1-2,5,8-9H,7H2. The highest BCUT2D eigenvalue weighted by molar-refractivity contribution is 14.1. The van der Waals surface area contributed by atoms with E-state index in [1.54, 1.807) is 12.3 Å². The zero-order valence-electron chi connectivity index (χ0n) is 4.63. The maximum absolute atomic E-state index is 9.01. The number of rotatable bonds is 0. The highest BCUT2D eigenvalue weighted by atomic mass is 127.